The second-order valence-corrected chi connectivity index (χ2v) is 7.51. The number of nitrogens with one attached hydrogen (secondary N) is 1. The monoisotopic (exact) mass is 379 g/mol. The lowest BCUT2D eigenvalue weighted by atomic mass is 9.81. The number of hydrogen-bond acceptors (Lipinski definition) is 4. The van der Waals surface area contributed by atoms with E-state index in [-0.39, 0.29) is 24.3 Å². The zero-order valence-corrected chi connectivity index (χ0v) is 15.3. The summed E-state index contributed by atoms with van der Waals surface area (Å²) in [6, 6.07) is 10.1. The number of carboxylic acid groups (broad SMARTS) is 1. The SMILES string of the molecule is O=C(Nc1cccc(C(=O)N2C[C@@H]3CCC[C@@]3(C(=O)O)C2)c1)c1cccnc1. The van der Waals surface area contributed by atoms with E-state index in [0.29, 0.717) is 29.8 Å². The Balaban J connectivity index is 1.50. The van der Waals surface area contributed by atoms with Crippen molar-refractivity contribution >= 4 is 23.5 Å². The molecule has 2 atom stereocenters. The van der Waals surface area contributed by atoms with Crippen molar-refractivity contribution in [2.45, 2.75) is 19.3 Å². The van der Waals surface area contributed by atoms with E-state index in [1.165, 1.54) is 6.20 Å². The van der Waals surface area contributed by atoms with Crippen LogP contribution in [-0.4, -0.2) is 45.9 Å². The molecule has 4 rings (SSSR count). The highest BCUT2D eigenvalue weighted by Crippen LogP contribution is 2.49. The molecule has 1 aromatic heterocycles. The molecule has 1 aliphatic carbocycles. The lowest BCUT2D eigenvalue weighted by Crippen LogP contribution is -2.37. The molecule has 2 aromatic rings. The molecule has 0 spiro atoms. The number of pyridine rings is 1. The Morgan fingerprint density at radius 2 is 2.00 bits per heavy atom. The summed E-state index contributed by atoms with van der Waals surface area (Å²) in [4.78, 5) is 42.6. The molecule has 7 heteroatoms. The van der Waals surface area contributed by atoms with Crippen LogP contribution in [0.5, 0.6) is 0 Å². The molecular weight excluding hydrogens is 358 g/mol. The first-order valence-corrected chi connectivity index (χ1v) is 9.34. The Morgan fingerprint density at radius 1 is 1.18 bits per heavy atom. The van der Waals surface area contributed by atoms with Gasteiger partial charge in [0.25, 0.3) is 11.8 Å². The summed E-state index contributed by atoms with van der Waals surface area (Å²) in [6.07, 6.45) is 5.42. The van der Waals surface area contributed by atoms with Gasteiger partial charge in [-0.05, 0) is 49.1 Å². The molecule has 2 amide bonds. The predicted molar refractivity (Wildman–Crippen MR) is 102 cm³/mol. The summed E-state index contributed by atoms with van der Waals surface area (Å²) in [7, 11) is 0. The molecule has 7 nitrogen and oxygen atoms in total. The molecule has 1 aromatic carbocycles. The van der Waals surface area contributed by atoms with Crippen LogP contribution < -0.4 is 5.32 Å². The molecule has 0 bridgehead atoms. The predicted octanol–water partition coefficient (Wildman–Crippen LogP) is 2.66. The van der Waals surface area contributed by atoms with Crippen LogP contribution in [0.3, 0.4) is 0 Å². The molecule has 2 N–H and O–H groups in total. The zero-order valence-electron chi connectivity index (χ0n) is 15.3. The van der Waals surface area contributed by atoms with Gasteiger partial charge in [0, 0.05) is 36.7 Å². The molecule has 1 saturated heterocycles. The highest BCUT2D eigenvalue weighted by molar-refractivity contribution is 6.05. The minimum Gasteiger partial charge on any atom is -0.481 e. The normalized spacial score (nSPS) is 23.3. The van der Waals surface area contributed by atoms with E-state index in [2.05, 4.69) is 10.3 Å². The van der Waals surface area contributed by atoms with E-state index >= 15 is 0 Å². The lowest BCUT2D eigenvalue weighted by molar-refractivity contribution is -0.149. The summed E-state index contributed by atoms with van der Waals surface area (Å²) in [6.45, 7) is 0.718. The third-order valence-electron chi connectivity index (χ3n) is 5.87. The molecule has 1 saturated carbocycles. The van der Waals surface area contributed by atoms with Crippen LogP contribution in [-0.2, 0) is 4.79 Å². The Bertz CT molecular complexity index is 930. The number of fused-ring (bicyclic) bond motifs is 1. The summed E-state index contributed by atoms with van der Waals surface area (Å²) < 4.78 is 0. The number of carboxylic acids is 1. The van der Waals surface area contributed by atoms with Crippen molar-refractivity contribution in [3.63, 3.8) is 0 Å². The number of amides is 2. The fourth-order valence-corrected chi connectivity index (χ4v) is 4.41. The van der Waals surface area contributed by atoms with Crippen molar-refractivity contribution in [1.29, 1.82) is 0 Å². The minimum absolute atomic E-state index is 0.0161. The van der Waals surface area contributed by atoms with E-state index in [1.807, 2.05) is 0 Å². The Labute approximate surface area is 162 Å². The molecule has 2 aliphatic rings. The standard InChI is InChI=1S/C21H21N3O4/c25-18(15-5-3-9-22-11-15)23-17-7-1-4-14(10-17)19(26)24-12-16-6-2-8-21(16,13-24)20(27)28/h1,3-5,7,9-11,16H,2,6,8,12-13H2,(H,23,25)(H,27,28)/t16-,21+/m0/s1. The van der Waals surface area contributed by atoms with E-state index in [9.17, 15) is 19.5 Å². The van der Waals surface area contributed by atoms with E-state index in [0.717, 1.165) is 12.8 Å². The van der Waals surface area contributed by atoms with Crippen molar-refractivity contribution in [2.24, 2.45) is 11.3 Å². The molecule has 0 unspecified atom stereocenters. The smallest absolute Gasteiger partial charge is 0.311 e. The zero-order chi connectivity index (χ0) is 19.7. The van der Waals surface area contributed by atoms with Crippen LogP contribution >= 0.6 is 0 Å². The fraction of sp³-hybridized carbons (Fsp3) is 0.333. The highest BCUT2D eigenvalue weighted by atomic mass is 16.4. The van der Waals surface area contributed by atoms with E-state index in [1.54, 1.807) is 47.5 Å². The first-order valence-electron chi connectivity index (χ1n) is 9.34. The Kier molecular flexibility index (Phi) is 4.58. The average Bonchev–Trinajstić information content (AvgIpc) is 3.27. The topological polar surface area (TPSA) is 99.6 Å². The number of aromatic nitrogens is 1. The van der Waals surface area contributed by atoms with Gasteiger partial charge >= 0.3 is 5.97 Å². The van der Waals surface area contributed by atoms with Gasteiger partial charge in [0.15, 0.2) is 0 Å². The number of carbonyl (C=O) groups is 3. The molecule has 0 radical (unpaired) electrons. The van der Waals surface area contributed by atoms with Crippen molar-refractivity contribution in [3.8, 4) is 0 Å². The van der Waals surface area contributed by atoms with Crippen molar-refractivity contribution in [2.75, 3.05) is 18.4 Å². The van der Waals surface area contributed by atoms with Gasteiger partial charge in [0.1, 0.15) is 0 Å². The Morgan fingerprint density at radius 3 is 2.71 bits per heavy atom. The number of rotatable bonds is 4. The van der Waals surface area contributed by atoms with Gasteiger partial charge in [0.05, 0.1) is 11.0 Å². The average molecular weight is 379 g/mol. The summed E-state index contributed by atoms with van der Waals surface area (Å²) in [5.74, 6) is -1.30. The number of likely N-dealkylation sites (tertiary alicyclic amines) is 1. The summed E-state index contributed by atoms with van der Waals surface area (Å²) >= 11 is 0. The Hall–Kier alpha value is -3.22. The van der Waals surface area contributed by atoms with Gasteiger partial charge in [-0.2, -0.15) is 0 Å². The van der Waals surface area contributed by atoms with Crippen LogP contribution in [0.2, 0.25) is 0 Å². The number of carbonyl (C=O) groups excluding carboxylic acids is 2. The fourth-order valence-electron chi connectivity index (χ4n) is 4.41. The van der Waals surface area contributed by atoms with Gasteiger partial charge in [0.2, 0.25) is 0 Å². The maximum atomic E-state index is 13.0. The third-order valence-corrected chi connectivity index (χ3v) is 5.87. The molecular formula is C21H21N3O4. The van der Waals surface area contributed by atoms with Crippen LogP contribution in [0, 0.1) is 11.3 Å². The summed E-state index contributed by atoms with van der Waals surface area (Å²) in [5.41, 5.74) is 0.563. The number of anilines is 1. The highest BCUT2D eigenvalue weighted by Gasteiger charge is 2.55. The molecule has 2 fully saturated rings. The largest absolute Gasteiger partial charge is 0.481 e. The van der Waals surface area contributed by atoms with E-state index < -0.39 is 11.4 Å². The molecule has 2 heterocycles. The van der Waals surface area contributed by atoms with Crippen LogP contribution in [0.1, 0.15) is 40.0 Å². The maximum absolute atomic E-state index is 13.0. The van der Waals surface area contributed by atoms with Crippen LogP contribution in [0.4, 0.5) is 5.69 Å². The summed E-state index contributed by atoms with van der Waals surface area (Å²) in [5, 5.41) is 12.5. The van der Waals surface area contributed by atoms with Gasteiger partial charge in [-0.15, -0.1) is 0 Å². The second kappa shape index (κ2) is 7.07. The third kappa shape index (κ3) is 3.13. The van der Waals surface area contributed by atoms with Gasteiger partial charge in [-0.25, -0.2) is 0 Å². The number of hydrogen-bond donors (Lipinski definition) is 2. The minimum atomic E-state index is -0.804. The van der Waals surface area contributed by atoms with Crippen molar-refractivity contribution < 1.29 is 19.5 Å². The van der Waals surface area contributed by atoms with Crippen LogP contribution in [0.15, 0.2) is 48.8 Å². The van der Waals surface area contributed by atoms with Gasteiger partial charge in [-0.1, -0.05) is 12.5 Å². The number of aliphatic carboxylic acids is 1. The maximum Gasteiger partial charge on any atom is 0.311 e. The molecule has 1 aliphatic heterocycles. The second-order valence-electron chi connectivity index (χ2n) is 7.51. The first kappa shape index (κ1) is 18.2. The number of nitrogens with zero attached hydrogens (tertiary/aromatic N) is 2. The van der Waals surface area contributed by atoms with Crippen LogP contribution in [0.25, 0.3) is 0 Å². The van der Waals surface area contributed by atoms with Crippen molar-refractivity contribution in [3.05, 3.63) is 59.9 Å². The van der Waals surface area contributed by atoms with E-state index in [4.69, 9.17) is 0 Å². The number of benzene rings is 1. The molecule has 28 heavy (non-hydrogen) atoms. The van der Waals surface area contributed by atoms with Gasteiger partial charge in [-0.3, -0.25) is 19.4 Å². The quantitative estimate of drug-likeness (QED) is 0.851. The molecule has 144 valence electrons. The van der Waals surface area contributed by atoms with Gasteiger partial charge < -0.3 is 15.3 Å². The first-order chi connectivity index (χ1) is 13.5. The lowest BCUT2D eigenvalue weighted by Gasteiger charge is -2.23. The van der Waals surface area contributed by atoms with Crippen molar-refractivity contribution in [1.82, 2.24) is 9.88 Å².